The lowest BCUT2D eigenvalue weighted by molar-refractivity contribution is -0.128. The van der Waals surface area contributed by atoms with Gasteiger partial charge in [0.25, 0.3) is 0 Å². The van der Waals surface area contributed by atoms with Crippen molar-refractivity contribution in [1.82, 2.24) is 25.5 Å². The van der Waals surface area contributed by atoms with E-state index in [1.807, 2.05) is 30.9 Å². The average molecular weight is 388 g/mol. The maximum absolute atomic E-state index is 12.2. The van der Waals surface area contributed by atoms with Gasteiger partial charge in [-0.3, -0.25) is 4.79 Å². The van der Waals surface area contributed by atoms with Gasteiger partial charge in [0.2, 0.25) is 5.91 Å². The smallest absolute Gasteiger partial charge is 0.223 e. The van der Waals surface area contributed by atoms with E-state index in [1.54, 1.807) is 0 Å². The summed E-state index contributed by atoms with van der Waals surface area (Å²) in [6, 6.07) is 0.108. The third kappa shape index (κ3) is 7.43. The number of unbranched alkanes of at least 4 members (excludes halogenated alkanes) is 3. The molecule has 2 heterocycles. The summed E-state index contributed by atoms with van der Waals surface area (Å²) in [5.41, 5.74) is 0. The summed E-state index contributed by atoms with van der Waals surface area (Å²) in [7, 11) is 0. The zero-order valence-corrected chi connectivity index (χ0v) is 17.1. The number of amides is 1. The Bertz CT molecular complexity index is 662. The zero-order chi connectivity index (χ0) is 20.2. The number of carbonyl (C=O) groups excluding carboxylic acids is 1. The molecule has 0 unspecified atom stereocenters. The van der Waals surface area contributed by atoms with Crippen LogP contribution in [0.3, 0.4) is 0 Å². The predicted octanol–water partition coefficient (Wildman–Crippen LogP) is 2.65. The van der Waals surface area contributed by atoms with Crippen molar-refractivity contribution in [3.63, 3.8) is 0 Å². The fourth-order valence-electron chi connectivity index (χ4n) is 3.37. The van der Waals surface area contributed by atoms with Crippen molar-refractivity contribution in [2.45, 2.75) is 83.8 Å². The number of nitrogens with zero attached hydrogens (tertiary/aromatic N) is 4. The fraction of sp³-hybridized carbons (Fsp3) is 0.714. The van der Waals surface area contributed by atoms with Gasteiger partial charge >= 0.3 is 0 Å². The van der Waals surface area contributed by atoms with Crippen molar-refractivity contribution < 1.29 is 9.90 Å². The first kappa shape index (κ1) is 22.1. The molecule has 0 radical (unpaired) electrons. The minimum absolute atomic E-state index is 0.0976. The van der Waals surface area contributed by atoms with Crippen molar-refractivity contribution in [3.8, 4) is 11.8 Å². The van der Waals surface area contributed by atoms with Crippen LogP contribution in [0.15, 0.2) is 12.2 Å². The number of likely N-dealkylation sites (tertiary alicyclic amines) is 1. The maximum atomic E-state index is 12.2. The molecule has 3 atom stereocenters. The number of carbonyl (C=O) groups is 1. The second-order valence-corrected chi connectivity index (χ2v) is 7.47. The Kier molecular flexibility index (Phi) is 9.70. The van der Waals surface area contributed by atoms with E-state index >= 15 is 0 Å². The molecule has 2 rings (SSSR count). The Morgan fingerprint density at radius 3 is 2.89 bits per heavy atom. The molecule has 1 amide bonds. The van der Waals surface area contributed by atoms with E-state index in [2.05, 4.69) is 32.5 Å². The first-order valence-electron chi connectivity index (χ1n) is 10.5. The Labute approximate surface area is 168 Å². The molecular weight excluding hydrogens is 354 g/mol. The number of aryl methyl sites for hydroxylation is 1. The molecule has 1 aromatic heterocycles. The molecule has 1 aromatic rings. The van der Waals surface area contributed by atoms with Gasteiger partial charge in [-0.25, -0.2) is 5.10 Å². The van der Waals surface area contributed by atoms with Gasteiger partial charge in [-0.2, -0.15) is 0 Å². The van der Waals surface area contributed by atoms with Crippen LogP contribution in [0, 0.1) is 17.8 Å². The van der Waals surface area contributed by atoms with E-state index in [-0.39, 0.29) is 17.9 Å². The van der Waals surface area contributed by atoms with E-state index in [0.29, 0.717) is 12.8 Å². The number of tetrazole rings is 1. The van der Waals surface area contributed by atoms with Crippen molar-refractivity contribution in [2.24, 2.45) is 5.92 Å². The molecule has 0 aliphatic carbocycles. The highest BCUT2D eigenvalue weighted by Gasteiger charge is 2.28. The number of aromatic amines is 1. The molecule has 1 aliphatic rings. The van der Waals surface area contributed by atoms with Crippen LogP contribution in [0.1, 0.15) is 71.0 Å². The quantitative estimate of drug-likeness (QED) is 0.346. The van der Waals surface area contributed by atoms with Crippen molar-refractivity contribution in [2.75, 3.05) is 6.54 Å². The summed E-state index contributed by atoms with van der Waals surface area (Å²) in [6.07, 6.45) is 11.4. The van der Waals surface area contributed by atoms with Crippen molar-refractivity contribution in [1.29, 1.82) is 0 Å². The van der Waals surface area contributed by atoms with Gasteiger partial charge in [-0.1, -0.05) is 38.8 Å². The predicted molar refractivity (Wildman–Crippen MR) is 108 cm³/mol. The topological polar surface area (TPSA) is 95.0 Å². The highest BCUT2D eigenvalue weighted by molar-refractivity contribution is 5.79. The van der Waals surface area contributed by atoms with Crippen molar-refractivity contribution in [3.05, 3.63) is 18.0 Å². The van der Waals surface area contributed by atoms with Gasteiger partial charge in [-0.05, 0) is 35.6 Å². The zero-order valence-electron chi connectivity index (χ0n) is 17.1. The molecular formula is C21H33N5O2. The number of nitrogens with one attached hydrogen (secondary N) is 1. The summed E-state index contributed by atoms with van der Waals surface area (Å²) >= 11 is 0. The van der Waals surface area contributed by atoms with Crippen LogP contribution in [0.2, 0.25) is 0 Å². The van der Waals surface area contributed by atoms with Crippen LogP contribution in [0.25, 0.3) is 0 Å². The molecule has 1 fully saturated rings. The summed E-state index contributed by atoms with van der Waals surface area (Å²) in [5.74, 6) is 7.28. The normalized spacial score (nSPS) is 19.0. The number of H-pyrrole nitrogens is 1. The van der Waals surface area contributed by atoms with E-state index in [4.69, 9.17) is 0 Å². The van der Waals surface area contributed by atoms with Crippen LogP contribution in [-0.2, 0) is 11.2 Å². The largest absolute Gasteiger partial charge is 0.389 e. The molecule has 154 valence electrons. The van der Waals surface area contributed by atoms with Gasteiger partial charge in [0, 0.05) is 32.2 Å². The lowest BCUT2D eigenvalue weighted by atomic mass is 10.00. The second kappa shape index (κ2) is 12.3. The van der Waals surface area contributed by atoms with Gasteiger partial charge < -0.3 is 10.0 Å². The monoisotopic (exact) mass is 387 g/mol. The number of aliphatic hydroxyl groups is 1. The fourth-order valence-corrected chi connectivity index (χ4v) is 3.37. The third-order valence-corrected chi connectivity index (χ3v) is 5.17. The highest BCUT2D eigenvalue weighted by atomic mass is 16.3. The summed E-state index contributed by atoms with van der Waals surface area (Å²) in [5, 5.41) is 24.1. The lowest BCUT2D eigenvalue weighted by Crippen LogP contribution is -2.33. The van der Waals surface area contributed by atoms with Gasteiger partial charge in [0.15, 0.2) is 0 Å². The molecule has 1 saturated heterocycles. The maximum Gasteiger partial charge on any atom is 0.223 e. The Balaban J connectivity index is 1.69. The SMILES string of the molecule is CCC#CC[C@H](C)[C@H](O)/C=C/[C@H]1CCC(=O)N1CCCCCCc1nnn[nH]1. The van der Waals surface area contributed by atoms with Gasteiger partial charge in [0.1, 0.15) is 5.82 Å². The number of aliphatic hydroxyl groups excluding tert-OH is 1. The van der Waals surface area contributed by atoms with E-state index in [9.17, 15) is 9.90 Å². The third-order valence-electron chi connectivity index (χ3n) is 5.17. The van der Waals surface area contributed by atoms with E-state index < -0.39 is 6.10 Å². The summed E-state index contributed by atoms with van der Waals surface area (Å²) in [6.45, 7) is 4.81. The molecule has 7 heteroatoms. The summed E-state index contributed by atoms with van der Waals surface area (Å²) < 4.78 is 0. The summed E-state index contributed by atoms with van der Waals surface area (Å²) in [4.78, 5) is 14.2. The minimum Gasteiger partial charge on any atom is -0.389 e. The Morgan fingerprint density at radius 1 is 1.32 bits per heavy atom. The lowest BCUT2D eigenvalue weighted by Gasteiger charge is -2.23. The van der Waals surface area contributed by atoms with Crippen LogP contribution < -0.4 is 0 Å². The molecule has 7 nitrogen and oxygen atoms in total. The molecule has 2 N–H and O–H groups in total. The number of aromatic nitrogens is 4. The average Bonchev–Trinajstić information content (AvgIpc) is 3.33. The minimum atomic E-state index is -0.519. The Morgan fingerprint density at radius 2 is 2.14 bits per heavy atom. The molecule has 0 bridgehead atoms. The number of hydrogen-bond acceptors (Lipinski definition) is 5. The van der Waals surface area contributed by atoms with E-state index in [1.165, 1.54) is 0 Å². The Hall–Kier alpha value is -2.20. The van der Waals surface area contributed by atoms with Crippen LogP contribution in [0.4, 0.5) is 0 Å². The second-order valence-electron chi connectivity index (χ2n) is 7.47. The van der Waals surface area contributed by atoms with Crippen LogP contribution in [-0.4, -0.2) is 55.2 Å². The highest BCUT2D eigenvalue weighted by Crippen LogP contribution is 2.21. The first-order valence-corrected chi connectivity index (χ1v) is 10.5. The molecule has 0 spiro atoms. The number of hydrogen-bond donors (Lipinski definition) is 2. The standard InChI is InChI=1S/C21H33N5O2/c1-3-4-7-10-17(2)19(27)14-12-18-13-15-21(28)26(18)16-9-6-5-8-11-20-22-24-25-23-20/h12,14,17-19,27H,3,5-6,8-11,13,15-16H2,1-2H3,(H,22,23,24,25)/b14-12+/t17-,18-,19+/m0/s1. The molecule has 28 heavy (non-hydrogen) atoms. The van der Waals surface area contributed by atoms with Crippen molar-refractivity contribution >= 4 is 5.91 Å². The molecule has 1 aliphatic heterocycles. The van der Waals surface area contributed by atoms with Crippen LogP contribution >= 0.6 is 0 Å². The van der Waals surface area contributed by atoms with Gasteiger partial charge in [0.05, 0.1) is 12.1 Å². The first-order chi connectivity index (χ1) is 13.6. The molecule has 0 aromatic carbocycles. The molecule has 0 saturated carbocycles. The number of rotatable bonds is 11. The van der Waals surface area contributed by atoms with Crippen LogP contribution in [0.5, 0.6) is 0 Å². The van der Waals surface area contributed by atoms with E-state index in [0.717, 1.165) is 57.3 Å². The van der Waals surface area contributed by atoms with Gasteiger partial charge in [-0.15, -0.1) is 16.9 Å².